The molecule has 4 heteroatoms. The Morgan fingerprint density at radius 1 is 1.12 bits per heavy atom. The third kappa shape index (κ3) is 4.67. The minimum atomic E-state index is -0.899. The van der Waals surface area contributed by atoms with Gasteiger partial charge in [-0.25, -0.2) is 4.79 Å². The number of carbonyl (C=O) groups excluding carboxylic acids is 3. The number of carbonyl (C=O) groups is 3. The van der Waals surface area contributed by atoms with E-state index in [2.05, 4.69) is 0 Å². The Morgan fingerprint density at radius 3 is 2.12 bits per heavy atom. The molecule has 0 aromatic rings. The van der Waals surface area contributed by atoms with E-state index in [1.54, 1.807) is 20.8 Å². The van der Waals surface area contributed by atoms with Gasteiger partial charge in [0.15, 0.2) is 0 Å². The Balaban J connectivity index is 2.43. The highest BCUT2D eigenvalue weighted by Gasteiger charge is 2.29. The zero-order valence-electron chi connectivity index (χ0n) is 10.7. The first-order chi connectivity index (χ1) is 7.79. The molecule has 0 atom stereocenters. The first kappa shape index (κ1) is 13.9. The van der Waals surface area contributed by atoms with E-state index in [1.807, 2.05) is 0 Å². The van der Waals surface area contributed by atoms with Crippen LogP contribution in [-0.2, 0) is 19.1 Å². The summed E-state index contributed by atoms with van der Waals surface area (Å²) in [7, 11) is 0. The van der Waals surface area contributed by atoms with E-state index >= 15 is 0 Å². The third-order valence-corrected chi connectivity index (χ3v) is 2.77. The number of esters is 1. The Hall–Kier alpha value is -1.19. The fraction of sp³-hybridized carbons (Fsp3) is 0.769. The molecule has 1 aliphatic rings. The van der Waals surface area contributed by atoms with Gasteiger partial charge in [0.05, 0.1) is 6.42 Å². The van der Waals surface area contributed by atoms with Gasteiger partial charge in [0.1, 0.15) is 11.4 Å². The van der Waals surface area contributed by atoms with Crippen molar-refractivity contribution in [2.24, 2.45) is 5.92 Å². The van der Waals surface area contributed by atoms with E-state index in [0.29, 0.717) is 0 Å². The first-order valence-corrected chi connectivity index (χ1v) is 6.08. The number of ether oxygens (including phenoxy) is 1. The van der Waals surface area contributed by atoms with Crippen molar-refractivity contribution in [3.63, 3.8) is 0 Å². The summed E-state index contributed by atoms with van der Waals surface area (Å²) in [5.41, 5.74) is -0.691. The smallest absolute Gasteiger partial charge is 0.375 e. The summed E-state index contributed by atoms with van der Waals surface area (Å²) in [6.07, 6.45) is 3.47. The minimum absolute atomic E-state index is 0.0265. The van der Waals surface area contributed by atoms with Gasteiger partial charge >= 0.3 is 5.97 Å². The van der Waals surface area contributed by atoms with Gasteiger partial charge in [-0.2, -0.15) is 0 Å². The molecule has 0 aromatic heterocycles. The summed E-state index contributed by atoms with van der Waals surface area (Å²) in [4.78, 5) is 34.6. The zero-order valence-corrected chi connectivity index (χ0v) is 10.7. The fourth-order valence-electron chi connectivity index (χ4n) is 1.96. The maximum atomic E-state index is 11.7. The fourth-order valence-corrected chi connectivity index (χ4v) is 1.96. The lowest BCUT2D eigenvalue weighted by atomic mass is 9.98. The van der Waals surface area contributed by atoms with Crippen molar-refractivity contribution in [2.45, 2.75) is 58.5 Å². The minimum Gasteiger partial charge on any atom is -0.454 e. The summed E-state index contributed by atoms with van der Waals surface area (Å²) >= 11 is 0. The van der Waals surface area contributed by atoms with Gasteiger partial charge in [0.2, 0.25) is 5.78 Å². The lowest BCUT2D eigenvalue weighted by Crippen LogP contribution is -2.30. The molecular formula is C13H20O4. The molecule has 1 fully saturated rings. The van der Waals surface area contributed by atoms with Gasteiger partial charge in [0.25, 0.3) is 0 Å². The van der Waals surface area contributed by atoms with Gasteiger partial charge in [-0.3, -0.25) is 9.59 Å². The van der Waals surface area contributed by atoms with Crippen LogP contribution in [0.1, 0.15) is 52.9 Å². The Bertz CT molecular complexity index is 319. The zero-order chi connectivity index (χ0) is 13.1. The van der Waals surface area contributed by atoms with Crippen LogP contribution in [0.15, 0.2) is 0 Å². The molecule has 0 aliphatic heterocycles. The number of Topliss-reactive ketones (excluding diaryl/α,β-unsaturated/α-hetero) is 2. The van der Waals surface area contributed by atoms with Crippen molar-refractivity contribution in [2.75, 3.05) is 0 Å². The summed E-state index contributed by atoms with van der Waals surface area (Å²) in [6, 6.07) is 0. The molecule has 0 bridgehead atoms. The number of rotatable bonds is 4. The second-order valence-electron chi connectivity index (χ2n) is 5.55. The molecule has 96 valence electrons. The molecule has 4 nitrogen and oxygen atoms in total. The molecule has 1 saturated carbocycles. The summed E-state index contributed by atoms with van der Waals surface area (Å²) < 4.78 is 4.92. The van der Waals surface area contributed by atoms with Gasteiger partial charge in [0, 0.05) is 5.92 Å². The number of hydrogen-bond donors (Lipinski definition) is 0. The molecule has 0 unspecified atom stereocenters. The van der Waals surface area contributed by atoms with Crippen molar-refractivity contribution in [3.05, 3.63) is 0 Å². The lowest BCUT2D eigenvalue weighted by Gasteiger charge is -2.18. The van der Waals surface area contributed by atoms with Crippen molar-refractivity contribution in [1.29, 1.82) is 0 Å². The molecule has 0 saturated heterocycles. The maximum absolute atomic E-state index is 11.7. The molecule has 0 N–H and O–H groups in total. The van der Waals surface area contributed by atoms with Crippen molar-refractivity contribution in [1.82, 2.24) is 0 Å². The highest BCUT2D eigenvalue weighted by molar-refractivity contribution is 6.37. The summed E-state index contributed by atoms with van der Waals surface area (Å²) in [5.74, 6) is -1.76. The van der Waals surface area contributed by atoms with Crippen LogP contribution in [0.5, 0.6) is 0 Å². The van der Waals surface area contributed by atoms with Crippen molar-refractivity contribution < 1.29 is 19.1 Å². The normalized spacial score (nSPS) is 16.9. The predicted molar refractivity (Wildman–Crippen MR) is 62.4 cm³/mol. The topological polar surface area (TPSA) is 60.4 Å². The van der Waals surface area contributed by atoms with Crippen LogP contribution in [0.3, 0.4) is 0 Å². The molecule has 17 heavy (non-hydrogen) atoms. The van der Waals surface area contributed by atoms with E-state index in [0.717, 1.165) is 25.7 Å². The molecule has 0 spiro atoms. The molecule has 1 rings (SSSR count). The standard InChI is InChI=1S/C13H20O4/c1-13(2,3)17-12(16)11(15)8-10(14)9-6-4-5-7-9/h9H,4-8H2,1-3H3. The van der Waals surface area contributed by atoms with E-state index in [1.165, 1.54) is 0 Å². The predicted octanol–water partition coefficient (Wildman–Crippen LogP) is 2.05. The second-order valence-corrected chi connectivity index (χ2v) is 5.55. The molecule has 0 radical (unpaired) electrons. The average molecular weight is 240 g/mol. The second kappa shape index (κ2) is 5.43. The van der Waals surface area contributed by atoms with Crippen LogP contribution in [0.4, 0.5) is 0 Å². The van der Waals surface area contributed by atoms with Gasteiger partial charge < -0.3 is 4.74 Å². The molecule has 0 heterocycles. The van der Waals surface area contributed by atoms with Crippen LogP contribution < -0.4 is 0 Å². The number of hydrogen-bond acceptors (Lipinski definition) is 4. The van der Waals surface area contributed by atoms with Crippen LogP contribution in [0.25, 0.3) is 0 Å². The van der Waals surface area contributed by atoms with E-state index in [-0.39, 0.29) is 18.1 Å². The largest absolute Gasteiger partial charge is 0.454 e. The Kier molecular flexibility index (Phi) is 4.43. The highest BCUT2D eigenvalue weighted by atomic mass is 16.6. The lowest BCUT2D eigenvalue weighted by molar-refractivity contribution is -0.163. The quantitative estimate of drug-likeness (QED) is 0.428. The van der Waals surface area contributed by atoms with Crippen LogP contribution in [0.2, 0.25) is 0 Å². The van der Waals surface area contributed by atoms with Crippen LogP contribution in [0, 0.1) is 5.92 Å². The average Bonchev–Trinajstić information content (AvgIpc) is 2.67. The van der Waals surface area contributed by atoms with E-state index in [4.69, 9.17) is 4.74 Å². The molecular weight excluding hydrogens is 220 g/mol. The SMILES string of the molecule is CC(C)(C)OC(=O)C(=O)CC(=O)C1CCCC1. The maximum Gasteiger partial charge on any atom is 0.375 e. The van der Waals surface area contributed by atoms with Gasteiger partial charge in [-0.1, -0.05) is 12.8 Å². The molecule has 0 aromatic carbocycles. The van der Waals surface area contributed by atoms with Gasteiger partial charge in [-0.15, -0.1) is 0 Å². The molecule has 0 amide bonds. The van der Waals surface area contributed by atoms with E-state index in [9.17, 15) is 14.4 Å². The van der Waals surface area contributed by atoms with E-state index < -0.39 is 17.4 Å². The monoisotopic (exact) mass is 240 g/mol. The Labute approximate surface area is 102 Å². The van der Waals surface area contributed by atoms with Crippen molar-refractivity contribution in [3.8, 4) is 0 Å². The highest BCUT2D eigenvalue weighted by Crippen LogP contribution is 2.26. The van der Waals surface area contributed by atoms with Crippen molar-refractivity contribution >= 4 is 17.5 Å². The summed E-state index contributed by atoms with van der Waals surface area (Å²) in [5, 5.41) is 0. The summed E-state index contributed by atoms with van der Waals surface area (Å²) in [6.45, 7) is 5.07. The number of ketones is 2. The van der Waals surface area contributed by atoms with Crippen LogP contribution >= 0.6 is 0 Å². The Morgan fingerprint density at radius 2 is 1.65 bits per heavy atom. The third-order valence-electron chi connectivity index (χ3n) is 2.77. The first-order valence-electron chi connectivity index (χ1n) is 6.08. The van der Waals surface area contributed by atoms with Gasteiger partial charge in [-0.05, 0) is 33.6 Å². The van der Waals surface area contributed by atoms with Crippen LogP contribution in [-0.4, -0.2) is 23.1 Å². The molecule has 1 aliphatic carbocycles.